The van der Waals surface area contributed by atoms with Crippen LogP contribution in [0.3, 0.4) is 0 Å². The Kier molecular flexibility index (Phi) is 2.23. The average molecular weight is 202 g/mol. The van der Waals surface area contributed by atoms with Crippen LogP contribution in [0.2, 0.25) is 0 Å². The molecule has 0 spiro atoms. The first kappa shape index (κ1) is 9.77. The van der Waals surface area contributed by atoms with Gasteiger partial charge in [-0.15, -0.1) is 0 Å². The van der Waals surface area contributed by atoms with Gasteiger partial charge in [0.05, 0.1) is 5.76 Å². The number of nitrogens with two attached hydrogens (primary N) is 1. The van der Waals surface area contributed by atoms with Crippen molar-refractivity contribution in [3.8, 4) is 0 Å². The summed E-state index contributed by atoms with van der Waals surface area (Å²) in [7, 11) is 0. The van der Waals surface area contributed by atoms with Crippen molar-refractivity contribution in [1.82, 2.24) is 0 Å². The highest BCUT2D eigenvalue weighted by atomic mass is 16.3. The summed E-state index contributed by atoms with van der Waals surface area (Å²) in [5.41, 5.74) is 8.36. The van der Waals surface area contributed by atoms with Crippen molar-refractivity contribution in [2.24, 2.45) is 5.73 Å². The molecule has 4 N–H and O–H groups in total. The van der Waals surface area contributed by atoms with Gasteiger partial charge in [0, 0.05) is 12.0 Å². The third-order valence-corrected chi connectivity index (χ3v) is 2.77. The van der Waals surface area contributed by atoms with Crippen LogP contribution < -0.4 is 5.73 Å². The maximum Gasteiger partial charge on any atom is 0.122 e. The normalized spacial score (nSPS) is 19.3. The van der Waals surface area contributed by atoms with Crippen LogP contribution in [0, 0.1) is 5.41 Å². The van der Waals surface area contributed by atoms with Crippen molar-refractivity contribution < 1.29 is 5.11 Å². The Morgan fingerprint density at radius 3 is 2.93 bits per heavy atom. The van der Waals surface area contributed by atoms with E-state index in [0.717, 1.165) is 16.7 Å². The van der Waals surface area contributed by atoms with Crippen molar-refractivity contribution in [3.63, 3.8) is 0 Å². The Morgan fingerprint density at radius 1 is 1.53 bits per heavy atom. The first-order valence-corrected chi connectivity index (χ1v) is 4.96. The molecule has 0 amide bonds. The fourth-order valence-corrected chi connectivity index (χ4v) is 1.96. The van der Waals surface area contributed by atoms with Gasteiger partial charge in [-0.05, 0) is 29.2 Å². The summed E-state index contributed by atoms with van der Waals surface area (Å²) in [6.45, 7) is 2.06. The molecule has 1 aromatic carbocycles. The zero-order chi connectivity index (χ0) is 11.0. The number of benzene rings is 1. The molecule has 0 heterocycles. The van der Waals surface area contributed by atoms with Crippen molar-refractivity contribution >= 4 is 11.9 Å². The summed E-state index contributed by atoms with van der Waals surface area (Å²) < 4.78 is 0. The second kappa shape index (κ2) is 3.42. The van der Waals surface area contributed by atoms with E-state index in [9.17, 15) is 5.11 Å². The van der Waals surface area contributed by atoms with Crippen molar-refractivity contribution in [2.75, 3.05) is 0 Å². The molecule has 0 aromatic heterocycles. The van der Waals surface area contributed by atoms with E-state index in [2.05, 4.69) is 6.92 Å². The molecule has 1 aliphatic carbocycles. The molecule has 1 aliphatic rings. The van der Waals surface area contributed by atoms with Crippen LogP contribution >= 0.6 is 0 Å². The fourth-order valence-electron chi connectivity index (χ4n) is 1.96. The first-order valence-electron chi connectivity index (χ1n) is 4.96. The van der Waals surface area contributed by atoms with Crippen molar-refractivity contribution in [3.05, 3.63) is 40.6 Å². The molecule has 3 nitrogen and oxygen atoms in total. The number of hydrogen-bond donors (Lipinski definition) is 3. The Hall–Kier alpha value is -1.77. The number of rotatable bonds is 1. The molecule has 0 saturated heterocycles. The summed E-state index contributed by atoms with van der Waals surface area (Å²) in [6.07, 6.45) is 2.44. The van der Waals surface area contributed by atoms with Crippen LogP contribution in [0.15, 0.2) is 24.0 Å². The lowest BCUT2D eigenvalue weighted by Gasteiger charge is -2.20. The lowest BCUT2D eigenvalue weighted by atomic mass is 9.86. The molecule has 0 aliphatic heterocycles. The zero-order valence-electron chi connectivity index (χ0n) is 8.62. The molecule has 0 radical (unpaired) electrons. The van der Waals surface area contributed by atoms with Crippen LogP contribution in [-0.2, 0) is 0 Å². The number of nitrogens with one attached hydrogen (secondary N) is 1. The van der Waals surface area contributed by atoms with Gasteiger partial charge in [-0.1, -0.05) is 19.1 Å². The number of nitrogen functional groups attached to an aromatic ring is 1. The van der Waals surface area contributed by atoms with E-state index in [-0.39, 0.29) is 11.8 Å². The average Bonchev–Trinajstić information content (AvgIpc) is 2.16. The number of aliphatic hydroxyl groups excluding tert-OH is 1. The van der Waals surface area contributed by atoms with E-state index < -0.39 is 0 Å². The summed E-state index contributed by atoms with van der Waals surface area (Å²) in [6, 6.07) is 5.65. The van der Waals surface area contributed by atoms with Crippen LogP contribution in [0.5, 0.6) is 0 Å². The molecule has 2 rings (SSSR count). The van der Waals surface area contributed by atoms with Gasteiger partial charge < -0.3 is 10.8 Å². The molecule has 3 heteroatoms. The highest BCUT2D eigenvalue weighted by molar-refractivity contribution is 5.95. The predicted molar refractivity (Wildman–Crippen MR) is 61.1 cm³/mol. The van der Waals surface area contributed by atoms with Crippen molar-refractivity contribution in [2.45, 2.75) is 19.3 Å². The smallest absolute Gasteiger partial charge is 0.122 e. The van der Waals surface area contributed by atoms with Crippen LogP contribution in [-0.4, -0.2) is 10.9 Å². The number of hydrogen-bond acceptors (Lipinski definition) is 2. The Balaban J connectivity index is 2.53. The molecular weight excluding hydrogens is 188 g/mol. The van der Waals surface area contributed by atoms with Gasteiger partial charge in [0.1, 0.15) is 5.84 Å². The second-order valence-electron chi connectivity index (χ2n) is 4.00. The summed E-state index contributed by atoms with van der Waals surface area (Å²) >= 11 is 0. The molecular formula is C12H14N2O. The number of amidine groups is 1. The molecule has 15 heavy (non-hydrogen) atoms. The van der Waals surface area contributed by atoms with Gasteiger partial charge in [-0.3, -0.25) is 5.41 Å². The van der Waals surface area contributed by atoms with E-state index in [4.69, 9.17) is 11.1 Å². The SMILES string of the molecule is CC1CC(O)=Cc2ccc(C(=N)N)cc21. The Morgan fingerprint density at radius 2 is 2.27 bits per heavy atom. The van der Waals surface area contributed by atoms with Crippen LogP contribution in [0.25, 0.3) is 6.08 Å². The minimum absolute atomic E-state index is 0.0868. The van der Waals surface area contributed by atoms with Gasteiger partial charge in [-0.2, -0.15) is 0 Å². The quantitative estimate of drug-likeness (QED) is 0.483. The van der Waals surface area contributed by atoms with E-state index in [1.807, 2.05) is 18.2 Å². The summed E-state index contributed by atoms with van der Waals surface area (Å²) in [4.78, 5) is 0. The number of allylic oxidation sites excluding steroid dienone is 1. The highest BCUT2D eigenvalue weighted by Crippen LogP contribution is 2.32. The van der Waals surface area contributed by atoms with E-state index in [1.54, 1.807) is 6.08 Å². The van der Waals surface area contributed by atoms with Crippen LogP contribution in [0.1, 0.15) is 36.0 Å². The molecule has 78 valence electrons. The summed E-state index contributed by atoms with van der Waals surface area (Å²) in [5, 5.41) is 16.9. The lowest BCUT2D eigenvalue weighted by molar-refractivity contribution is 0.380. The molecule has 0 saturated carbocycles. The minimum Gasteiger partial charge on any atom is -0.512 e. The molecule has 1 aromatic rings. The van der Waals surface area contributed by atoms with Gasteiger partial charge in [0.15, 0.2) is 0 Å². The van der Waals surface area contributed by atoms with Gasteiger partial charge in [-0.25, -0.2) is 0 Å². The Labute approximate surface area is 88.7 Å². The largest absolute Gasteiger partial charge is 0.512 e. The number of fused-ring (bicyclic) bond motifs is 1. The third-order valence-electron chi connectivity index (χ3n) is 2.77. The molecule has 1 unspecified atom stereocenters. The maximum absolute atomic E-state index is 9.50. The summed E-state index contributed by atoms with van der Waals surface area (Å²) in [5.74, 6) is 0.790. The predicted octanol–water partition coefficient (Wildman–Crippen LogP) is 2.38. The van der Waals surface area contributed by atoms with Gasteiger partial charge >= 0.3 is 0 Å². The minimum atomic E-state index is 0.0868. The van der Waals surface area contributed by atoms with E-state index >= 15 is 0 Å². The van der Waals surface area contributed by atoms with E-state index in [1.165, 1.54) is 0 Å². The highest BCUT2D eigenvalue weighted by Gasteiger charge is 2.17. The zero-order valence-corrected chi connectivity index (χ0v) is 8.62. The van der Waals surface area contributed by atoms with E-state index in [0.29, 0.717) is 12.2 Å². The maximum atomic E-state index is 9.50. The topological polar surface area (TPSA) is 70.1 Å². The molecule has 0 fully saturated rings. The molecule has 1 atom stereocenters. The van der Waals surface area contributed by atoms with Gasteiger partial charge in [0.25, 0.3) is 0 Å². The number of aliphatic hydroxyl groups is 1. The first-order chi connectivity index (χ1) is 7.08. The van der Waals surface area contributed by atoms with Crippen LogP contribution in [0.4, 0.5) is 0 Å². The lowest BCUT2D eigenvalue weighted by Crippen LogP contribution is -2.13. The second-order valence-corrected chi connectivity index (χ2v) is 4.00. The monoisotopic (exact) mass is 202 g/mol. The third kappa shape index (κ3) is 1.73. The molecule has 0 bridgehead atoms. The fraction of sp³-hybridized carbons (Fsp3) is 0.250. The van der Waals surface area contributed by atoms with Crippen molar-refractivity contribution in [1.29, 1.82) is 5.41 Å². The standard InChI is InChI=1S/C12H14N2O/c1-7-4-10(15)5-8-2-3-9(12(13)14)6-11(7)8/h2-3,5-7,15H,4H2,1H3,(H3,13,14). The van der Waals surface area contributed by atoms with Gasteiger partial charge in [0.2, 0.25) is 0 Å². The Bertz CT molecular complexity index is 449.